The number of likely N-dealkylation sites (N-methyl/N-ethyl adjacent to an activating group) is 1. The molecule has 3 aromatic rings. The molecule has 0 aromatic heterocycles. The van der Waals surface area contributed by atoms with Crippen molar-refractivity contribution in [3.63, 3.8) is 0 Å². The van der Waals surface area contributed by atoms with E-state index < -0.39 is 49.9 Å². The zero-order valence-corrected chi connectivity index (χ0v) is 25.8. The number of anilines is 1. The third-order valence-corrected chi connectivity index (χ3v) is 8.79. The van der Waals surface area contributed by atoms with Gasteiger partial charge in [-0.15, -0.1) is 0 Å². The maximum atomic E-state index is 14.1. The number of halogens is 2. The summed E-state index contributed by atoms with van der Waals surface area (Å²) in [7, 11) is -1.85. The van der Waals surface area contributed by atoms with Gasteiger partial charge in [0.25, 0.3) is 15.7 Å². The number of carbonyl (C=O) groups excluding carboxylic acids is 2. The Morgan fingerprint density at radius 2 is 1.85 bits per heavy atom. The third kappa shape index (κ3) is 7.34. The Labute approximate surface area is 251 Å². The van der Waals surface area contributed by atoms with Gasteiger partial charge in [0.15, 0.2) is 0 Å². The molecule has 0 aliphatic carbocycles. The highest BCUT2D eigenvalue weighted by Crippen LogP contribution is 2.36. The second kappa shape index (κ2) is 13.3. The van der Waals surface area contributed by atoms with Crippen molar-refractivity contribution in [1.82, 2.24) is 10.2 Å². The lowest BCUT2D eigenvalue weighted by Crippen LogP contribution is -2.50. The van der Waals surface area contributed by atoms with Crippen molar-refractivity contribution in [2.24, 2.45) is 0 Å². The Hall–Kier alpha value is -3.68. The number of aryl methyl sites for hydroxylation is 1. The van der Waals surface area contributed by atoms with Gasteiger partial charge in [-0.25, -0.2) is 8.42 Å². The van der Waals surface area contributed by atoms with Gasteiger partial charge in [0.1, 0.15) is 18.3 Å². The number of amides is 2. The minimum Gasteiger partial charge on any atom is -0.495 e. The average molecular weight is 668 g/mol. The van der Waals surface area contributed by atoms with Crippen LogP contribution in [0.15, 0.2) is 70.0 Å². The molecule has 0 aliphatic heterocycles. The topological polar surface area (TPSA) is 139 Å². The molecule has 3 aromatic carbocycles. The van der Waals surface area contributed by atoms with Crippen molar-refractivity contribution in [3.05, 3.63) is 91.4 Å². The summed E-state index contributed by atoms with van der Waals surface area (Å²) in [5.41, 5.74) is 0.482. The number of nitrogens with zero attached hydrogens (tertiary/aromatic N) is 3. The van der Waals surface area contributed by atoms with Crippen molar-refractivity contribution in [1.29, 1.82) is 0 Å². The number of benzene rings is 3. The van der Waals surface area contributed by atoms with Gasteiger partial charge in [0.2, 0.25) is 11.8 Å². The molecule has 0 spiro atoms. The van der Waals surface area contributed by atoms with Gasteiger partial charge in [-0.3, -0.25) is 24.0 Å². The molecule has 0 fully saturated rings. The summed E-state index contributed by atoms with van der Waals surface area (Å²) < 4.78 is 35.0. The molecule has 1 N–H and O–H groups in total. The number of sulfonamides is 1. The van der Waals surface area contributed by atoms with Crippen LogP contribution in [-0.2, 0) is 26.2 Å². The highest BCUT2D eigenvalue weighted by atomic mass is 79.9. The second-order valence-corrected chi connectivity index (χ2v) is 12.2. The number of ether oxygens (including phenoxy) is 1. The fourth-order valence-corrected chi connectivity index (χ4v) is 6.12. The molecule has 0 saturated heterocycles. The molecule has 11 nitrogen and oxygen atoms in total. The Balaban J connectivity index is 2.17. The molecule has 218 valence electrons. The van der Waals surface area contributed by atoms with Crippen molar-refractivity contribution in [3.8, 4) is 5.75 Å². The van der Waals surface area contributed by atoms with E-state index in [1.807, 2.05) is 0 Å². The van der Waals surface area contributed by atoms with E-state index in [0.29, 0.717) is 5.56 Å². The molecule has 41 heavy (non-hydrogen) atoms. The summed E-state index contributed by atoms with van der Waals surface area (Å²) in [6.45, 7) is 2.23. The predicted octanol–water partition coefficient (Wildman–Crippen LogP) is 4.69. The van der Waals surface area contributed by atoms with E-state index in [2.05, 4.69) is 21.2 Å². The largest absolute Gasteiger partial charge is 0.495 e. The standard InChI is InChI=1S/C27H28BrClN4O7S/c1-17-8-10-22(14-23(17)33(36)37)41(38,39)32(24-13-21(29)9-11-25(24)40-4)16-26(34)31(18(2)27(35)30-3)15-19-6-5-7-20(28)12-19/h5-14,18H,15-16H2,1-4H3,(H,30,35). The van der Waals surface area contributed by atoms with Crippen LogP contribution in [0.4, 0.5) is 11.4 Å². The van der Waals surface area contributed by atoms with E-state index in [1.165, 1.54) is 63.2 Å². The van der Waals surface area contributed by atoms with Gasteiger partial charge >= 0.3 is 0 Å². The number of methoxy groups -OCH3 is 1. The Bertz CT molecular complexity index is 1590. The van der Waals surface area contributed by atoms with Crippen molar-refractivity contribution >= 4 is 60.7 Å². The molecule has 0 saturated carbocycles. The van der Waals surface area contributed by atoms with E-state index in [0.717, 1.165) is 14.8 Å². The van der Waals surface area contributed by atoms with Gasteiger partial charge < -0.3 is 15.0 Å². The normalized spacial score (nSPS) is 11.9. The number of nitro benzene ring substituents is 1. The zero-order valence-electron chi connectivity index (χ0n) is 22.6. The smallest absolute Gasteiger partial charge is 0.273 e. The number of rotatable bonds is 11. The summed E-state index contributed by atoms with van der Waals surface area (Å²) in [5.74, 6) is -1.09. The van der Waals surface area contributed by atoms with Crippen LogP contribution in [0.5, 0.6) is 5.75 Å². The van der Waals surface area contributed by atoms with Crippen molar-refractivity contribution in [2.75, 3.05) is 25.0 Å². The van der Waals surface area contributed by atoms with Crippen LogP contribution >= 0.6 is 27.5 Å². The van der Waals surface area contributed by atoms with E-state index in [1.54, 1.807) is 24.3 Å². The molecule has 3 rings (SSSR count). The molecule has 1 unspecified atom stereocenters. The lowest BCUT2D eigenvalue weighted by Gasteiger charge is -2.32. The molecule has 1 atom stereocenters. The minimum atomic E-state index is -4.60. The molecular weight excluding hydrogens is 640 g/mol. The number of carbonyl (C=O) groups is 2. The summed E-state index contributed by atoms with van der Waals surface area (Å²) >= 11 is 9.61. The van der Waals surface area contributed by atoms with Crippen LogP contribution in [0.3, 0.4) is 0 Å². The van der Waals surface area contributed by atoms with E-state index in [9.17, 15) is 28.1 Å². The lowest BCUT2D eigenvalue weighted by atomic mass is 10.1. The Morgan fingerprint density at radius 3 is 2.46 bits per heavy atom. The summed E-state index contributed by atoms with van der Waals surface area (Å²) in [5, 5.41) is 14.2. The third-order valence-electron chi connectivity index (χ3n) is 6.31. The second-order valence-electron chi connectivity index (χ2n) is 8.98. The number of hydrogen-bond donors (Lipinski definition) is 1. The first-order chi connectivity index (χ1) is 19.3. The van der Waals surface area contributed by atoms with Crippen LogP contribution in [0.1, 0.15) is 18.1 Å². The summed E-state index contributed by atoms with van der Waals surface area (Å²) in [4.78, 5) is 38.3. The first-order valence-electron chi connectivity index (χ1n) is 12.2. The van der Waals surface area contributed by atoms with E-state index in [-0.39, 0.29) is 28.6 Å². The predicted molar refractivity (Wildman–Crippen MR) is 159 cm³/mol. The highest BCUT2D eigenvalue weighted by molar-refractivity contribution is 9.10. The molecule has 14 heteroatoms. The maximum absolute atomic E-state index is 14.1. The van der Waals surface area contributed by atoms with E-state index in [4.69, 9.17) is 16.3 Å². The monoisotopic (exact) mass is 666 g/mol. The van der Waals surface area contributed by atoms with Crippen molar-refractivity contribution in [2.45, 2.75) is 31.3 Å². The number of nitrogens with one attached hydrogen (secondary N) is 1. The highest BCUT2D eigenvalue weighted by Gasteiger charge is 2.34. The molecule has 0 radical (unpaired) electrons. The van der Waals surface area contributed by atoms with Gasteiger partial charge in [-0.1, -0.05) is 45.7 Å². The molecule has 0 aliphatic rings. The molecule has 2 amide bonds. The van der Waals surface area contributed by atoms with Crippen LogP contribution in [-0.4, -0.2) is 56.8 Å². The van der Waals surface area contributed by atoms with Gasteiger partial charge in [-0.05, 0) is 55.8 Å². The first-order valence-corrected chi connectivity index (χ1v) is 14.8. The quantitative estimate of drug-likeness (QED) is 0.231. The fourth-order valence-electron chi connectivity index (χ4n) is 4.07. The maximum Gasteiger partial charge on any atom is 0.273 e. The molecular formula is C27H28BrClN4O7S. The fraction of sp³-hybridized carbons (Fsp3) is 0.259. The van der Waals surface area contributed by atoms with Crippen LogP contribution in [0, 0.1) is 17.0 Å². The lowest BCUT2D eigenvalue weighted by molar-refractivity contribution is -0.385. The summed E-state index contributed by atoms with van der Waals surface area (Å²) in [6, 6.07) is 13.8. The van der Waals surface area contributed by atoms with Gasteiger partial charge in [0.05, 0.1) is 22.6 Å². The molecule has 0 heterocycles. The minimum absolute atomic E-state index is 0.0105. The van der Waals surface area contributed by atoms with Crippen LogP contribution in [0.25, 0.3) is 0 Å². The van der Waals surface area contributed by atoms with Crippen LogP contribution in [0.2, 0.25) is 5.02 Å². The first kappa shape index (κ1) is 31.8. The van der Waals surface area contributed by atoms with Crippen LogP contribution < -0.4 is 14.4 Å². The zero-order chi connectivity index (χ0) is 30.5. The van der Waals surface area contributed by atoms with Gasteiger partial charge in [-0.2, -0.15) is 0 Å². The molecule has 0 bridgehead atoms. The van der Waals surface area contributed by atoms with E-state index >= 15 is 0 Å². The van der Waals surface area contributed by atoms with Crippen molar-refractivity contribution < 1.29 is 27.7 Å². The number of nitro groups is 1. The number of hydrogen-bond acceptors (Lipinski definition) is 7. The SMILES string of the molecule is CNC(=O)C(C)N(Cc1cccc(Br)c1)C(=O)CN(c1cc(Cl)ccc1OC)S(=O)(=O)c1ccc(C)c([N+](=O)[O-])c1. The summed E-state index contributed by atoms with van der Waals surface area (Å²) in [6.07, 6.45) is 0. The Morgan fingerprint density at radius 1 is 1.15 bits per heavy atom. The Kier molecular flexibility index (Phi) is 10.3. The van der Waals surface area contributed by atoms with Gasteiger partial charge in [0, 0.05) is 34.7 Å². The average Bonchev–Trinajstić information content (AvgIpc) is 2.93.